The third-order valence-electron chi connectivity index (χ3n) is 6.18. The highest BCUT2D eigenvalue weighted by atomic mass is 32.2. The van der Waals surface area contributed by atoms with Gasteiger partial charge in [0.2, 0.25) is 0 Å². The molecule has 27 heavy (non-hydrogen) atoms. The number of likely N-dealkylation sites (tertiary alicyclic amines) is 1. The molecule has 146 valence electrons. The monoisotopic (exact) mass is 387 g/mol. The first-order chi connectivity index (χ1) is 12.6. The lowest BCUT2D eigenvalue weighted by Gasteiger charge is -2.41. The maximum Gasteiger partial charge on any atom is 0.270 e. The Bertz CT molecular complexity index is 1000. The minimum absolute atomic E-state index is 0.0156. The fourth-order valence-corrected chi connectivity index (χ4v) is 6.80. The molecule has 0 radical (unpaired) electrons. The predicted molar refractivity (Wildman–Crippen MR) is 110 cm³/mol. The maximum atomic E-state index is 13.3. The predicted octanol–water partition coefficient (Wildman–Crippen LogP) is 4.28. The van der Waals surface area contributed by atoms with Crippen LogP contribution < -0.4 is 0 Å². The molecule has 1 amide bonds. The molecule has 5 nitrogen and oxygen atoms in total. The Labute approximate surface area is 161 Å². The summed E-state index contributed by atoms with van der Waals surface area (Å²) in [5, 5.41) is 1.03. The van der Waals surface area contributed by atoms with Crippen molar-refractivity contribution in [1.29, 1.82) is 4.78 Å². The van der Waals surface area contributed by atoms with Gasteiger partial charge in [-0.2, -0.15) is 0 Å². The van der Waals surface area contributed by atoms with Crippen molar-refractivity contribution in [3.63, 3.8) is 0 Å². The summed E-state index contributed by atoms with van der Waals surface area (Å²) in [5.41, 5.74) is 2.47. The quantitative estimate of drug-likeness (QED) is 0.766. The Kier molecular flexibility index (Phi) is 4.18. The second-order valence-electron chi connectivity index (χ2n) is 9.28. The van der Waals surface area contributed by atoms with E-state index in [2.05, 4.69) is 44.0 Å². The Morgan fingerprint density at radius 3 is 2.67 bits per heavy atom. The smallest absolute Gasteiger partial charge is 0.270 e. The van der Waals surface area contributed by atoms with Crippen LogP contribution in [0.5, 0.6) is 0 Å². The van der Waals surface area contributed by atoms with E-state index >= 15 is 0 Å². The van der Waals surface area contributed by atoms with Gasteiger partial charge in [0.15, 0.2) is 0 Å². The van der Waals surface area contributed by atoms with Crippen molar-refractivity contribution in [3.8, 4) is 0 Å². The first-order valence-corrected chi connectivity index (χ1v) is 11.7. The van der Waals surface area contributed by atoms with Gasteiger partial charge in [0, 0.05) is 32.9 Å². The van der Waals surface area contributed by atoms with Crippen LogP contribution in [-0.2, 0) is 15.1 Å². The lowest BCUT2D eigenvalue weighted by molar-refractivity contribution is 0.0603. The lowest BCUT2D eigenvalue weighted by Crippen LogP contribution is -2.54. The second-order valence-corrected chi connectivity index (χ2v) is 11.6. The molecule has 2 atom stereocenters. The minimum atomic E-state index is -2.57. The molecule has 1 aromatic carbocycles. The molecule has 2 N–H and O–H groups in total. The molecule has 4 rings (SSSR count). The lowest BCUT2D eigenvalue weighted by atomic mass is 9.87. The van der Waals surface area contributed by atoms with Gasteiger partial charge in [0.1, 0.15) is 5.69 Å². The summed E-state index contributed by atoms with van der Waals surface area (Å²) in [4.78, 5) is 18.6. The van der Waals surface area contributed by atoms with Gasteiger partial charge in [-0.15, -0.1) is 0 Å². The molecular formula is C21H29N3O2S. The van der Waals surface area contributed by atoms with Crippen LogP contribution in [0.3, 0.4) is 0 Å². The number of rotatable bonds is 1. The number of carbonyl (C=O) groups excluding carboxylic acids is 1. The van der Waals surface area contributed by atoms with E-state index in [9.17, 15) is 9.00 Å². The summed E-state index contributed by atoms with van der Waals surface area (Å²) in [6.45, 7) is 7.23. The first kappa shape index (κ1) is 18.5. The van der Waals surface area contributed by atoms with Crippen molar-refractivity contribution < 1.29 is 9.00 Å². The van der Waals surface area contributed by atoms with Gasteiger partial charge >= 0.3 is 0 Å². The number of hydrogen-bond donors (Lipinski definition) is 2. The fourth-order valence-electron chi connectivity index (χ4n) is 4.73. The van der Waals surface area contributed by atoms with Crippen LogP contribution in [0.25, 0.3) is 10.9 Å². The number of benzene rings is 1. The average Bonchev–Trinajstić information content (AvgIpc) is 3.15. The number of nitrogens with one attached hydrogen (secondary N) is 2. The average molecular weight is 388 g/mol. The van der Waals surface area contributed by atoms with E-state index in [-0.39, 0.29) is 16.9 Å². The summed E-state index contributed by atoms with van der Waals surface area (Å²) >= 11 is 0. The van der Waals surface area contributed by atoms with Gasteiger partial charge in [-0.25, -0.2) is 4.21 Å². The van der Waals surface area contributed by atoms with E-state index < -0.39 is 9.73 Å². The zero-order valence-electron chi connectivity index (χ0n) is 16.4. The Hall–Kier alpha value is -1.82. The van der Waals surface area contributed by atoms with Crippen molar-refractivity contribution >= 4 is 26.5 Å². The molecular weight excluding hydrogens is 358 g/mol. The molecule has 2 unspecified atom stereocenters. The molecule has 2 aliphatic rings. The van der Waals surface area contributed by atoms with Crippen LogP contribution in [-0.4, -0.2) is 43.6 Å². The van der Waals surface area contributed by atoms with Gasteiger partial charge in [-0.3, -0.25) is 9.57 Å². The van der Waals surface area contributed by atoms with Crippen LogP contribution in [0.15, 0.2) is 24.3 Å². The Balaban J connectivity index is 1.68. The van der Waals surface area contributed by atoms with E-state index in [4.69, 9.17) is 4.78 Å². The fraction of sp³-hybridized carbons (Fsp3) is 0.571. The van der Waals surface area contributed by atoms with Crippen molar-refractivity contribution in [1.82, 2.24) is 9.88 Å². The van der Waals surface area contributed by atoms with Gasteiger partial charge in [0.05, 0.1) is 11.3 Å². The molecule has 0 saturated carbocycles. The molecule has 3 heterocycles. The zero-order valence-corrected chi connectivity index (χ0v) is 17.2. The summed E-state index contributed by atoms with van der Waals surface area (Å²) < 4.78 is 20.6. The van der Waals surface area contributed by atoms with Crippen LogP contribution in [0, 0.1) is 4.78 Å². The summed E-state index contributed by atoms with van der Waals surface area (Å²) in [5.74, 6) is 0.789. The van der Waals surface area contributed by atoms with Crippen LogP contribution >= 0.6 is 0 Å². The number of aromatic nitrogens is 1. The summed E-state index contributed by atoms with van der Waals surface area (Å²) in [6.07, 6.45) is 3.43. The summed E-state index contributed by atoms with van der Waals surface area (Å²) in [7, 11) is -2.57. The highest BCUT2D eigenvalue weighted by molar-refractivity contribution is 7.92. The van der Waals surface area contributed by atoms with Crippen molar-refractivity contribution in [2.24, 2.45) is 0 Å². The number of H-pyrrole nitrogens is 1. The molecule has 0 bridgehead atoms. The van der Waals surface area contributed by atoms with Crippen molar-refractivity contribution in [2.45, 2.75) is 57.4 Å². The number of carbonyl (C=O) groups is 1. The van der Waals surface area contributed by atoms with Gasteiger partial charge < -0.3 is 9.88 Å². The van der Waals surface area contributed by atoms with Gasteiger partial charge in [-0.05, 0) is 48.8 Å². The number of nitrogens with zero attached hydrogens (tertiary/aromatic N) is 1. The summed E-state index contributed by atoms with van der Waals surface area (Å²) in [6, 6.07) is 8.25. The van der Waals surface area contributed by atoms with E-state index in [0.29, 0.717) is 23.7 Å². The van der Waals surface area contributed by atoms with Crippen molar-refractivity contribution in [2.75, 3.05) is 18.1 Å². The van der Waals surface area contributed by atoms with Crippen molar-refractivity contribution in [3.05, 3.63) is 35.5 Å². The Morgan fingerprint density at radius 1 is 1.22 bits per heavy atom. The molecule has 1 spiro atoms. The third-order valence-corrected chi connectivity index (χ3v) is 8.13. The van der Waals surface area contributed by atoms with Crippen LogP contribution in [0.4, 0.5) is 0 Å². The molecule has 6 heteroatoms. The molecule has 1 aromatic heterocycles. The number of hydrogen-bond acceptors (Lipinski definition) is 3. The van der Waals surface area contributed by atoms with Gasteiger partial charge in [0.25, 0.3) is 5.91 Å². The highest BCUT2D eigenvalue weighted by Crippen LogP contribution is 2.39. The SMILES string of the molecule is CC(C)(C)c1ccc2cc(C(=O)N3CCCC34CCCS(=N)(=O)C4)[nH]c2c1. The molecule has 2 aromatic rings. The Morgan fingerprint density at radius 2 is 1.96 bits per heavy atom. The zero-order chi connectivity index (χ0) is 19.4. The third kappa shape index (κ3) is 3.28. The minimum Gasteiger partial charge on any atom is -0.351 e. The molecule has 0 aliphatic carbocycles. The largest absolute Gasteiger partial charge is 0.351 e. The highest BCUT2D eigenvalue weighted by Gasteiger charge is 2.47. The second kappa shape index (κ2) is 6.09. The van der Waals surface area contributed by atoms with Gasteiger partial charge in [-0.1, -0.05) is 32.9 Å². The van der Waals surface area contributed by atoms with E-state index in [1.54, 1.807) is 0 Å². The van der Waals surface area contributed by atoms with Crippen LogP contribution in [0.1, 0.15) is 62.5 Å². The number of amides is 1. The molecule has 2 saturated heterocycles. The normalized spacial score (nSPS) is 28.9. The van der Waals surface area contributed by atoms with E-state index in [1.807, 2.05) is 11.0 Å². The van der Waals surface area contributed by atoms with E-state index in [0.717, 1.165) is 36.6 Å². The standard InChI is InChI=1S/C21H29N3O2S/c1-20(2,3)16-7-6-15-12-18(23-17(15)13-16)19(25)24-10-4-8-21(24)9-5-11-27(22,26)14-21/h6-7,12-13,22-23H,4-5,8-11,14H2,1-3H3. The topological polar surface area (TPSA) is 77.0 Å². The van der Waals surface area contributed by atoms with E-state index in [1.165, 1.54) is 5.56 Å². The maximum absolute atomic E-state index is 13.3. The first-order valence-electron chi connectivity index (χ1n) is 9.79. The van der Waals surface area contributed by atoms with Crippen LogP contribution in [0.2, 0.25) is 0 Å². The molecule has 2 fully saturated rings. The number of fused-ring (bicyclic) bond motifs is 1. The molecule has 2 aliphatic heterocycles. The number of aromatic amines is 1.